The van der Waals surface area contributed by atoms with E-state index in [0.717, 1.165) is 13.0 Å². The average molecular weight is 322 g/mol. The second-order valence-corrected chi connectivity index (χ2v) is 7.22. The van der Waals surface area contributed by atoms with E-state index in [0.29, 0.717) is 11.6 Å². The lowest BCUT2D eigenvalue weighted by molar-refractivity contribution is 0.0963. The van der Waals surface area contributed by atoms with E-state index in [1.165, 1.54) is 23.1 Å². The molecule has 0 aromatic heterocycles. The van der Waals surface area contributed by atoms with Crippen LogP contribution in [0, 0.1) is 0 Å². The lowest BCUT2D eigenvalue weighted by Gasteiger charge is -2.37. The van der Waals surface area contributed by atoms with Gasteiger partial charge in [0, 0.05) is 25.2 Å². The quantitative estimate of drug-likeness (QED) is 0.895. The molecule has 0 saturated heterocycles. The van der Waals surface area contributed by atoms with E-state index in [1.54, 1.807) is 7.05 Å². The summed E-state index contributed by atoms with van der Waals surface area (Å²) in [6.07, 6.45) is 2.34. The van der Waals surface area contributed by atoms with Crippen LogP contribution in [-0.2, 0) is 12.0 Å². The van der Waals surface area contributed by atoms with Crippen molar-refractivity contribution in [2.75, 3.05) is 7.05 Å². The molecule has 1 amide bonds. The largest absolute Gasteiger partial charge is 0.355 e. The van der Waals surface area contributed by atoms with Gasteiger partial charge in [0.25, 0.3) is 5.91 Å². The Bertz CT molecular complexity index is 719. The van der Waals surface area contributed by atoms with Gasteiger partial charge in [0.1, 0.15) is 0 Å². The van der Waals surface area contributed by atoms with Crippen molar-refractivity contribution in [3.8, 4) is 0 Å². The predicted molar refractivity (Wildman–Crippen MR) is 98.1 cm³/mol. The number of amides is 1. The highest BCUT2D eigenvalue weighted by Crippen LogP contribution is 2.41. The number of carbonyl (C=O) groups is 1. The lowest BCUT2D eigenvalue weighted by atomic mass is 9.71. The number of benzene rings is 2. The summed E-state index contributed by atoms with van der Waals surface area (Å²) >= 11 is 0. The molecule has 0 spiro atoms. The third kappa shape index (κ3) is 3.36. The summed E-state index contributed by atoms with van der Waals surface area (Å²) in [5, 5.41) is 6.34. The van der Waals surface area contributed by atoms with Gasteiger partial charge in [-0.1, -0.05) is 50.2 Å². The first-order valence-corrected chi connectivity index (χ1v) is 8.65. The molecule has 2 aromatic rings. The summed E-state index contributed by atoms with van der Waals surface area (Å²) in [4.78, 5) is 11.6. The number of hydrogen-bond acceptors (Lipinski definition) is 2. The molecule has 3 rings (SSSR count). The van der Waals surface area contributed by atoms with Gasteiger partial charge >= 0.3 is 0 Å². The van der Waals surface area contributed by atoms with Gasteiger partial charge in [-0.25, -0.2) is 0 Å². The van der Waals surface area contributed by atoms with Gasteiger partial charge in [0.05, 0.1) is 0 Å². The minimum absolute atomic E-state index is 0.0436. The van der Waals surface area contributed by atoms with Gasteiger partial charge in [-0.2, -0.15) is 0 Å². The predicted octanol–water partition coefficient (Wildman–Crippen LogP) is 3.95. The topological polar surface area (TPSA) is 41.1 Å². The van der Waals surface area contributed by atoms with Gasteiger partial charge in [0.2, 0.25) is 0 Å². The van der Waals surface area contributed by atoms with Gasteiger partial charge < -0.3 is 10.6 Å². The molecular weight excluding hydrogens is 296 g/mol. The molecule has 0 radical (unpaired) electrons. The standard InChI is InChI=1S/C21H26N2O/c1-21(2)13-12-19(17-6-4-5-7-18(17)21)23-14-15-8-10-16(11-9-15)20(24)22-3/h4-11,19,23H,12-14H2,1-3H3,(H,22,24). The van der Waals surface area contributed by atoms with Crippen LogP contribution in [0.25, 0.3) is 0 Å². The number of fused-ring (bicyclic) bond motifs is 1. The molecule has 24 heavy (non-hydrogen) atoms. The minimum atomic E-state index is -0.0436. The van der Waals surface area contributed by atoms with Crippen molar-refractivity contribution < 1.29 is 4.79 Å². The normalized spacial score (nSPS) is 18.7. The van der Waals surface area contributed by atoms with Crippen LogP contribution in [0.1, 0.15) is 59.8 Å². The van der Waals surface area contributed by atoms with Crippen LogP contribution < -0.4 is 10.6 Å². The smallest absolute Gasteiger partial charge is 0.251 e. The van der Waals surface area contributed by atoms with Gasteiger partial charge in [-0.15, -0.1) is 0 Å². The molecule has 1 aliphatic rings. The van der Waals surface area contributed by atoms with Crippen molar-refractivity contribution in [1.29, 1.82) is 0 Å². The first kappa shape index (κ1) is 16.7. The fourth-order valence-corrected chi connectivity index (χ4v) is 3.58. The Balaban J connectivity index is 1.70. The average Bonchev–Trinajstić information content (AvgIpc) is 2.61. The Morgan fingerprint density at radius 1 is 1.12 bits per heavy atom. The van der Waals surface area contributed by atoms with E-state index in [9.17, 15) is 4.79 Å². The zero-order valence-electron chi connectivity index (χ0n) is 14.7. The molecule has 2 N–H and O–H groups in total. The highest BCUT2D eigenvalue weighted by atomic mass is 16.1. The molecule has 0 fully saturated rings. The van der Waals surface area contributed by atoms with E-state index in [4.69, 9.17) is 0 Å². The molecular formula is C21H26N2O. The molecule has 1 unspecified atom stereocenters. The molecule has 0 bridgehead atoms. The zero-order chi connectivity index (χ0) is 17.2. The van der Waals surface area contributed by atoms with E-state index in [-0.39, 0.29) is 11.3 Å². The molecule has 3 heteroatoms. The number of carbonyl (C=O) groups excluding carboxylic acids is 1. The Kier molecular flexibility index (Phi) is 4.72. The molecule has 0 heterocycles. The molecule has 2 aromatic carbocycles. The van der Waals surface area contributed by atoms with Crippen LogP contribution in [0.4, 0.5) is 0 Å². The molecule has 3 nitrogen and oxygen atoms in total. The van der Waals surface area contributed by atoms with Crippen LogP contribution in [0.3, 0.4) is 0 Å². The zero-order valence-corrected chi connectivity index (χ0v) is 14.7. The van der Waals surface area contributed by atoms with Crippen molar-refractivity contribution in [2.24, 2.45) is 0 Å². The van der Waals surface area contributed by atoms with E-state index < -0.39 is 0 Å². The first-order chi connectivity index (χ1) is 11.5. The van der Waals surface area contributed by atoms with Crippen LogP contribution >= 0.6 is 0 Å². The van der Waals surface area contributed by atoms with Gasteiger partial charge in [0.15, 0.2) is 0 Å². The summed E-state index contributed by atoms with van der Waals surface area (Å²) in [6.45, 7) is 5.48. The second kappa shape index (κ2) is 6.78. The monoisotopic (exact) mass is 322 g/mol. The summed E-state index contributed by atoms with van der Waals surface area (Å²) in [7, 11) is 1.65. The SMILES string of the molecule is CNC(=O)c1ccc(CNC2CCC(C)(C)c3ccccc32)cc1. The highest BCUT2D eigenvalue weighted by molar-refractivity contribution is 5.93. The summed E-state index contributed by atoms with van der Waals surface area (Å²) in [6, 6.07) is 17.0. The minimum Gasteiger partial charge on any atom is -0.355 e. The summed E-state index contributed by atoms with van der Waals surface area (Å²) in [5.41, 5.74) is 5.04. The lowest BCUT2D eigenvalue weighted by Crippen LogP contribution is -2.32. The second-order valence-electron chi connectivity index (χ2n) is 7.22. The number of nitrogens with one attached hydrogen (secondary N) is 2. The molecule has 1 atom stereocenters. The maximum atomic E-state index is 11.6. The number of hydrogen-bond donors (Lipinski definition) is 2. The Hall–Kier alpha value is -2.13. The van der Waals surface area contributed by atoms with Gasteiger partial charge in [-0.3, -0.25) is 4.79 Å². The Morgan fingerprint density at radius 2 is 1.83 bits per heavy atom. The molecule has 1 aliphatic carbocycles. The van der Waals surface area contributed by atoms with Crippen molar-refractivity contribution in [3.05, 3.63) is 70.8 Å². The highest BCUT2D eigenvalue weighted by Gasteiger charge is 2.31. The van der Waals surface area contributed by atoms with Crippen LogP contribution in [0.2, 0.25) is 0 Å². The van der Waals surface area contributed by atoms with Crippen LogP contribution in [0.5, 0.6) is 0 Å². The fraction of sp³-hybridized carbons (Fsp3) is 0.381. The summed E-state index contributed by atoms with van der Waals surface area (Å²) in [5.74, 6) is -0.0436. The van der Waals surface area contributed by atoms with Crippen molar-refractivity contribution >= 4 is 5.91 Å². The maximum absolute atomic E-state index is 11.6. The third-order valence-electron chi connectivity index (χ3n) is 5.12. The fourth-order valence-electron chi connectivity index (χ4n) is 3.58. The van der Waals surface area contributed by atoms with Crippen LogP contribution in [0.15, 0.2) is 48.5 Å². The van der Waals surface area contributed by atoms with Crippen molar-refractivity contribution in [3.63, 3.8) is 0 Å². The summed E-state index contributed by atoms with van der Waals surface area (Å²) < 4.78 is 0. The molecule has 0 saturated carbocycles. The van der Waals surface area contributed by atoms with E-state index in [2.05, 4.69) is 48.7 Å². The Morgan fingerprint density at radius 3 is 2.54 bits per heavy atom. The van der Waals surface area contributed by atoms with E-state index >= 15 is 0 Å². The van der Waals surface area contributed by atoms with Crippen LogP contribution in [-0.4, -0.2) is 13.0 Å². The number of rotatable bonds is 4. The third-order valence-corrected chi connectivity index (χ3v) is 5.12. The Labute approximate surface area is 144 Å². The van der Waals surface area contributed by atoms with E-state index in [1.807, 2.05) is 24.3 Å². The molecule has 126 valence electrons. The van der Waals surface area contributed by atoms with Crippen molar-refractivity contribution in [2.45, 2.75) is 44.7 Å². The van der Waals surface area contributed by atoms with Gasteiger partial charge in [-0.05, 0) is 47.1 Å². The van der Waals surface area contributed by atoms with Crippen molar-refractivity contribution in [1.82, 2.24) is 10.6 Å². The maximum Gasteiger partial charge on any atom is 0.251 e. The first-order valence-electron chi connectivity index (χ1n) is 8.65. The molecule has 0 aliphatic heterocycles.